The van der Waals surface area contributed by atoms with Gasteiger partial charge in [-0.25, -0.2) is 4.98 Å². The quantitative estimate of drug-likeness (QED) is 0.536. The maximum atomic E-state index is 12.6. The van der Waals surface area contributed by atoms with Gasteiger partial charge in [-0.2, -0.15) is 0 Å². The van der Waals surface area contributed by atoms with E-state index >= 15 is 0 Å². The Bertz CT molecular complexity index is 944. The normalized spacial score (nSPS) is 10.7. The summed E-state index contributed by atoms with van der Waals surface area (Å²) in [5.74, 6) is 0.0852. The van der Waals surface area contributed by atoms with E-state index in [9.17, 15) is 9.59 Å². The zero-order valence-electron chi connectivity index (χ0n) is 14.9. The number of hydrogen-bond acceptors (Lipinski definition) is 4. The van der Waals surface area contributed by atoms with Crippen LogP contribution in [0.3, 0.4) is 0 Å². The third-order valence-corrected chi connectivity index (χ3v) is 5.15. The summed E-state index contributed by atoms with van der Waals surface area (Å²) in [4.78, 5) is 29.2. The molecule has 6 nitrogen and oxygen atoms in total. The number of carbonyl (C=O) groups excluding carboxylic acids is 2. The summed E-state index contributed by atoms with van der Waals surface area (Å²) >= 11 is 1.40. The Labute approximate surface area is 156 Å². The molecule has 2 heterocycles. The van der Waals surface area contributed by atoms with Gasteiger partial charge in [0, 0.05) is 42.0 Å². The Morgan fingerprint density at radius 1 is 1.19 bits per heavy atom. The Hall–Kier alpha value is -2.80. The molecular formula is C19H20N4O2S. The van der Waals surface area contributed by atoms with Crippen molar-refractivity contribution in [2.75, 3.05) is 11.2 Å². The molecule has 7 heteroatoms. The molecule has 0 saturated heterocycles. The molecule has 0 aliphatic carbocycles. The minimum absolute atomic E-state index is 0.00584. The second kappa shape index (κ2) is 7.61. The molecule has 0 saturated carbocycles. The van der Waals surface area contributed by atoms with Crippen LogP contribution in [0.2, 0.25) is 0 Å². The number of rotatable bonds is 6. The molecule has 0 bridgehead atoms. The van der Waals surface area contributed by atoms with E-state index in [-0.39, 0.29) is 11.7 Å². The number of aromatic nitrogens is 3. The van der Waals surface area contributed by atoms with E-state index in [1.54, 1.807) is 23.0 Å². The summed E-state index contributed by atoms with van der Waals surface area (Å²) in [6.45, 7) is 3.69. The molecule has 1 amide bonds. The summed E-state index contributed by atoms with van der Waals surface area (Å²) in [5.41, 5.74) is 5.55. The zero-order valence-corrected chi connectivity index (χ0v) is 15.7. The minimum atomic E-state index is -0.214. The third-order valence-electron chi connectivity index (χ3n) is 4.09. The van der Waals surface area contributed by atoms with Gasteiger partial charge in [0.05, 0.1) is 5.75 Å². The standard InChI is InChI=1S/C19H20N4O2S/c1-13-11-16(17(24)12-26-19-20-9-10-22(19)3)14(2)23(13)21-18(25)15-7-5-4-6-8-15/h4-11H,12H2,1-3H3,(H,21,25). The number of nitrogens with one attached hydrogen (secondary N) is 1. The van der Waals surface area contributed by atoms with Crippen molar-refractivity contribution in [3.8, 4) is 0 Å². The van der Waals surface area contributed by atoms with E-state index in [4.69, 9.17) is 0 Å². The maximum absolute atomic E-state index is 12.6. The molecule has 3 aromatic rings. The molecule has 0 unspecified atom stereocenters. The SMILES string of the molecule is Cc1cc(C(=O)CSc2nccn2C)c(C)n1NC(=O)c1ccccc1. The van der Waals surface area contributed by atoms with Crippen molar-refractivity contribution in [1.29, 1.82) is 0 Å². The summed E-state index contributed by atoms with van der Waals surface area (Å²) in [5, 5.41) is 0.796. The van der Waals surface area contributed by atoms with Crippen molar-refractivity contribution < 1.29 is 9.59 Å². The van der Waals surface area contributed by atoms with Crippen LogP contribution in [0.25, 0.3) is 0 Å². The number of hydrogen-bond donors (Lipinski definition) is 1. The molecule has 134 valence electrons. The highest BCUT2D eigenvalue weighted by Crippen LogP contribution is 2.20. The van der Waals surface area contributed by atoms with E-state index in [0.29, 0.717) is 16.9 Å². The monoisotopic (exact) mass is 368 g/mol. The highest BCUT2D eigenvalue weighted by atomic mass is 32.2. The van der Waals surface area contributed by atoms with Gasteiger partial charge in [-0.3, -0.25) is 19.7 Å². The molecule has 3 rings (SSSR count). The summed E-state index contributed by atoms with van der Waals surface area (Å²) in [7, 11) is 1.89. The number of aryl methyl sites for hydroxylation is 2. The van der Waals surface area contributed by atoms with Crippen LogP contribution in [-0.4, -0.2) is 31.7 Å². The topological polar surface area (TPSA) is 68.9 Å². The van der Waals surface area contributed by atoms with Gasteiger partial charge in [-0.15, -0.1) is 0 Å². The zero-order chi connectivity index (χ0) is 18.7. The van der Waals surface area contributed by atoms with Crippen molar-refractivity contribution in [2.24, 2.45) is 7.05 Å². The Morgan fingerprint density at radius 2 is 1.92 bits per heavy atom. The van der Waals surface area contributed by atoms with Crippen molar-refractivity contribution in [2.45, 2.75) is 19.0 Å². The number of nitrogens with zero attached hydrogens (tertiary/aromatic N) is 3. The number of benzene rings is 1. The largest absolute Gasteiger partial charge is 0.329 e. The number of Topliss-reactive ketones (excluding diaryl/α,β-unsaturated/α-hetero) is 1. The van der Waals surface area contributed by atoms with E-state index in [1.807, 2.05) is 55.9 Å². The summed E-state index contributed by atoms with van der Waals surface area (Å²) in [6, 6.07) is 10.8. The Morgan fingerprint density at radius 3 is 2.58 bits per heavy atom. The third kappa shape index (κ3) is 3.72. The lowest BCUT2D eigenvalue weighted by Crippen LogP contribution is -2.25. The van der Waals surface area contributed by atoms with Crippen LogP contribution >= 0.6 is 11.8 Å². The van der Waals surface area contributed by atoms with Gasteiger partial charge in [0.2, 0.25) is 0 Å². The van der Waals surface area contributed by atoms with Crippen molar-refractivity contribution in [1.82, 2.24) is 14.2 Å². The molecule has 1 N–H and O–H groups in total. The lowest BCUT2D eigenvalue weighted by atomic mass is 10.2. The first-order valence-electron chi connectivity index (χ1n) is 8.16. The van der Waals surface area contributed by atoms with Crippen LogP contribution in [0.4, 0.5) is 0 Å². The number of ketones is 1. The smallest absolute Gasteiger partial charge is 0.270 e. The van der Waals surface area contributed by atoms with E-state index in [2.05, 4.69) is 10.4 Å². The van der Waals surface area contributed by atoms with E-state index in [1.165, 1.54) is 11.8 Å². The van der Waals surface area contributed by atoms with Gasteiger partial charge in [-0.05, 0) is 32.0 Å². The highest BCUT2D eigenvalue weighted by molar-refractivity contribution is 7.99. The van der Waals surface area contributed by atoms with Gasteiger partial charge < -0.3 is 4.57 Å². The maximum Gasteiger partial charge on any atom is 0.270 e. The molecule has 0 radical (unpaired) electrons. The fraction of sp³-hybridized carbons (Fsp3) is 0.211. The van der Waals surface area contributed by atoms with Crippen LogP contribution in [-0.2, 0) is 7.05 Å². The van der Waals surface area contributed by atoms with Crippen LogP contribution < -0.4 is 5.43 Å². The number of carbonyl (C=O) groups is 2. The summed E-state index contributed by atoms with van der Waals surface area (Å²) in [6.07, 6.45) is 3.55. The van der Waals surface area contributed by atoms with E-state index in [0.717, 1.165) is 16.5 Å². The fourth-order valence-corrected chi connectivity index (χ4v) is 3.49. The molecule has 0 aliphatic rings. The molecule has 1 aromatic carbocycles. The lowest BCUT2D eigenvalue weighted by molar-refractivity contribution is 0.0999. The molecule has 0 aliphatic heterocycles. The fourth-order valence-electron chi connectivity index (χ4n) is 2.67. The number of imidazole rings is 1. The summed E-state index contributed by atoms with van der Waals surface area (Å²) < 4.78 is 3.54. The first-order valence-corrected chi connectivity index (χ1v) is 9.14. The molecule has 0 fully saturated rings. The predicted molar refractivity (Wildman–Crippen MR) is 102 cm³/mol. The highest BCUT2D eigenvalue weighted by Gasteiger charge is 2.18. The predicted octanol–water partition coefficient (Wildman–Crippen LogP) is 3.20. The van der Waals surface area contributed by atoms with Crippen molar-refractivity contribution in [3.63, 3.8) is 0 Å². The van der Waals surface area contributed by atoms with Crippen LogP contribution in [0.5, 0.6) is 0 Å². The Balaban J connectivity index is 1.74. The van der Waals surface area contributed by atoms with E-state index < -0.39 is 0 Å². The van der Waals surface area contributed by atoms with Crippen LogP contribution in [0.15, 0.2) is 53.9 Å². The number of thioether (sulfide) groups is 1. The second-order valence-corrected chi connectivity index (χ2v) is 6.90. The number of amides is 1. The van der Waals surface area contributed by atoms with Gasteiger partial charge in [0.1, 0.15) is 0 Å². The van der Waals surface area contributed by atoms with Crippen LogP contribution in [0, 0.1) is 13.8 Å². The molecule has 2 aromatic heterocycles. The average molecular weight is 368 g/mol. The molecular weight excluding hydrogens is 348 g/mol. The molecule has 0 atom stereocenters. The lowest BCUT2D eigenvalue weighted by Gasteiger charge is -2.11. The van der Waals surface area contributed by atoms with Crippen molar-refractivity contribution >= 4 is 23.5 Å². The Kier molecular flexibility index (Phi) is 5.27. The second-order valence-electron chi connectivity index (χ2n) is 5.96. The first-order chi connectivity index (χ1) is 12.5. The van der Waals surface area contributed by atoms with Gasteiger partial charge in [0.15, 0.2) is 10.9 Å². The molecule has 26 heavy (non-hydrogen) atoms. The average Bonchev–Trinajstić information content (AvgIpc) is 3.18. The van der Waals surface area contributed by atoms with Gasteiger partial charge >= 0.3 is 0 Å². The van der Waals surface area contributed by atoms with Gasteiger partial charge in [0.25, 0.3) is 5.91 Å². The van der Waals surface area contributed by atoms with Crippen LogP contribution in [0.1, 0.15) is 32.1 Å². The van der Waals surface area contributed by atoms with Crippen molar-refractivity contribution in [3.05, 3.63) is 71.3 Å². The minimum Gasteiger partial charge on any atom is -0.329 e. The first kappa shape index (κ1) is 18.0. The van der Waals surface area contributed by atoms with Gasteiger partial charge in [-0.1, -0.05) is 30.0 Å². The molecule has 0 spiro atoms.